The van der Waals surface area contributed by atoms with Gasteiger partial charge < -0.3 is 19.8 Å². The number of urea groups is 1. The van der Waals surface area contributed by atoms with Gasteiger partial charge in [0.2, 0.25) is 0 Å². The molecule has 0 aliphatic heterocycles. The lowest BCUT2D eigenvalue weighted by molar-refractivity contribution is -0.143. The normalized spacial score (nSPS) is 11.8. The first kappa shape index (κ1) is 19.5. The van der Waals surface area contributed by atoms with Crippen molar-refractivity contribution in [3.05, 3.63) is 48.3 Å². The summed E-state index contributed by atoms with van der Waals surface area (Å²) in [4.78, 5) is 20.9. The van der Waals surface area contributed by atoms with Crippen LogP contribution in [0.2, 0.25) is 0 Å². The molecular formula is C16H19F3N8O. The summed E-state index contributed by atoms with van der Waals surface area (Å²) in [6.07, 6.45) is 2.81. The van der Waals surface area contributed by atoms with Crippen molar-refractivity contribution in [2.24, 2.45) is 14.1 Å². The fraction of sp³-hybridized carbons (Fsp3) is 0.375. The molecule has 9 nitrogen and oxygen atoms in total. The second-order valence-electron chi connectivity index (χ2n) is 6.04. The van der Waals surface area contributed by atoms with E-state index < -0.39 is 29.6 Å². The third-order valence-electron chi connectivity index (χ3n) is 4.16. The van der Waals surface area contributed by atoms with Crippen LogP contribution in [0.5, 0.6) is 0 Å². The van der Waals surface area contributed by atoms with Crippen molar-refractivity contribution in [1.82, 2.24) is 34.2 Å². The van der Waals surface area contributed by atoms with Crippen LogP contribution < -0.4 is 10.6 Å². The van der Waals surface area contributed by atoms with Gasteiger partial charge in [-0.15, -0.1) is 0 Å². The molecule has 3 rings (SSSR count). The highest BCUT2D eigenvalue weighted by Crippen LogP contribution is 2.34. The molecule has 3 heterocycles. The Morgan fingerprint density at radius 2 is 1.71 bits per heavy atom. The highest BCUT2D eigenvalue weighted by molar-refractivity contribution is 5.90. The van der Waals surface area contributed by atoms with Gasteiger partial charge in [-0.3, -0.25) is 4.68 Å². The maximum atomic E-state index is 13.3. The Hall–Kier alpha value is -3.31. The van der Waals surface area contributed by atoms with Crippen molar-refractivity contribution >= 4 is 11.7 Å². The molecule has 28 heavy (non-hydrogen) atoms. The first-order valence-corrected chi connectivity index (χ1v) is 8.37. The number of aryl methyl sites for hydroxylation is 3. The molecule has 0 fully saturated rings. The third-order valence-corrected chi connectivity index (χ3v) is 4.16. The van der Waals surface area contributed by atoms with Gasteiger partial charge in [0.1, 0.15) is 17.7 Å². The Bertz CT molecular complexity index is 931. The van der Waals surface area contributed by atoms with E-state index in [2.05, 4.69) is 25.7 Å². The predicted octanol–water partition coefficient (Wildman–Crippen LogP) is 2.30. The molecule has 2 amide bonds. The van der Waals surface area contributed by atoms with Crippen LogP contribution in [0.25, 0.3) is 0 Å². The highest BCUT2D eigenvalue weighted by Gasteiger charge is 2.38. The van der Waals surface area contributed by atoms with Gasteiger partial charge in [0.25, 0.3) is 0 Å². The van der Waals surface area contributed by atoms with Crippen LogP contribution >= 0.6 is 0 Å². The number of aromatic nitrogens is 6. The summed E-state index contributed by atoms with van der Waals surface area (Å²) >= 11 is 0. The molecule has 150 valence electrons. The smallest absolute Gasteiger partial charge is 0.336 e. The zero-order valence-electron chi connectivity index (χ0n) is 15.4. The Morgan fingerprint density at radius 1 is 1.14 bits per heavy atom. The number of nitrogens with zero attached hydrogens (tertiary/aromatic N) is 6. The van der Waals surface area contributed by atoms with E-state index in [0.29, 0.717) is 11.6 Å². The minimum Gasteiger partial charge on any atom is -0.336 e. The lowest BCUT2D eigenvalue weighted by atomic mass is 10.2. The number of alkyl halides is 3. The number of hydrogen-bond donors (Lipinski definition) is 2. The average molecular weight is 396 g/mol. The van der Waals surface area contributed by atoms with Crippen LogP contribution in [0.4, 0.5) is 23.7 Å². The Labute approximate surface area is 158 Å². The standard InChI is InChI=1S/C16H19F3N8O/c1-4-27-12(16(17,18)19)10(9-22-27)23-15(28)24-11(13-20-5-7-25(13)2)14-21-6-8-26(14)3/h5-9,11H,4H2,1-3H3,(H2,23,24,28). The molecule has 0 saturated heterocycles. The molecule has 0 aliphatic carbocycles. The first-order valence-electron chi connectivity index (χ1n) is 8.37. The number of carbonyl (C=O) groups is 1. The number of halogens is 3. The van der Waals surface area contributed by atoms with E-state index in [-0.39, 0.29) is 6.54 Å². The third kappa shape index (κ3) is 3.70. The number of nitrogens with one attached hydrogen (secondary N) is 2. The van der Waals surface area contributed by atoms with Gasteiger partial charge in [0, 0.05) is 45.4 Å². The van der Waals surface area contributed by atoms with Crippen molar-refractivity contribution < 1.29 is 18.0 Å². The average Bonchev–Trinajstić information content (AvgIpc) is 3.32. The molecule has 0 unspecified atom stereocenters. The topological polar surface area (TPSA) is 94.6 Å². The second-order valence-corrected chi connectivity index (χ2v) is 6.04. The quantitative estimate of drug-likeness (QED) is 0.692. The van der Waals surface area contributed by atoms with E-state index in [4.69, 9.17) is 0 Å². The number of carbonyl (C=O) groups excluding carboxylic acids is 1. The number of imidazole rings is 2. The largest absolute Gasteiger partial charge is 0.435 e. The molecule has 0 radical (unpaired) electrons. The second kappa shape index (κ2) is 7.37. The first-order chi connectivity index (χ1) is 13.2. The van der Waals surface area contributed by atoms with E-state index in [1.165, 1.54) is 6.92 Å². The van der Waals surface area contributed by atoms with E-state index in [0.717, 1.165) is 10.9 Å². The summed E-state index contributed by atoms with van der Waals surface area (Å²) < 4.78 is 44.2. The van der Waals surface area contributed by atoms with Gasteiger partial charge in [-0.05, 0) is 6.92 Å². The van der Waals surface area contributed by atoms with Gasteiger partial charge in [-0.25, -0.2) is 14.8 Å². The van der Waals surface area contributed by atoms with Crippen molar-refractivity contribution in [3.63, 3.8) is 0 Å². The summed E-state index contributed by atoms with van der Waals surface area (Å²) in [5.74, 6) is 0.953. The molecule has 0 atom stereocenters. The highest BCUT2D eigenvalue weighted by atomic mass is 19.4. The molecule has 0 aromatic carbocycles. The van der Waals surface area contributed by atoms with Crippen LogP contribution in [-0.4, -0.2) is 34.9 Å². The minimum absolute atomic E-state index is 0.0152. The molecule has 12 heteroatoms. The van der Waals surface area contributed by atoms with Crippen LogP contribution in [0.1, 0.15) is 30.3 Å². The van der Waals surface area contributed by atoms with Gasteiger partial charge in [-0.2, -0.15) is 18.3 Å². The fourth-order valence-electron chi connectivity index (χ4n) is 2.86. The number of amides is 2. The molecule has 3 aromatic heterocycles. The van der Waals surface area contributed by atoms with E-state index >= 15 is 0 Å². The van der Waals surface area contributed by atoms with E-state index in [1.807, 2.05) is 0 Å². The molecule has 0 aliphatic rings. The minimum atomic E-state index is -4.66. The van der Waals surface area contributed by atoms with E-state index in [1.54, 1.807) is 48.0 Å². The fourth-order valence-corrected chi connectivity index (χ4v) is 2.86. The lowest BCUT2D eigenvalue weighted by Gasteiger charge is -2.19. The van der Waals surface area contributed by atoms with Gasteiger partial charge in [-0.1, -0.05) is 0 Å². The van der Waals surface area contributed by atoms with E-state index in [9.17, 15) is 18.0 Å². The monoisotopic (exact) mass is 396 g/mol. The lowest BCUT2D eigenvalue weighted by Crippen LogP contribution is -2.36. The van der Waals surface area contributed by atoms with Crippen molar-refractivity contribution in [2.75, 3.05) is 5.32 Å². The zero-order valence-corrected chi connectivity index (χ0v) is 15.4. The summed E-state index contributed by atoms with van der Waals surface area (Å²) in [5.41, 5.74) is -1.44. The summed E-state index contributed by atoms with van der Waals surface area (Å²) in [5, 5.41) is 8.56. The maximum absolute atomic E-state index is 13.3. The molecule has 0 bridgehead atoms. The van der Waals surface area contributed by atoms with Crippen LogP contribution in [-0.2, 0) is 26.8 Å². The summed E-state index contributed by atoms with van der Waals surface area (Å²) in [6, 6.07) is -1.60. The number of anilines is 1. The van der Waals surface area contributed by atoms with Gasteiger partial charge in [0.05, 0.1) is 11.9 Å². The zero-order chi connectivity index (χ0) is 20.5. The molecule has 0 saturated carbocycles. The Morgan fingerprint density at radius 3 is 2.14 bits per heavy atom. The number of rotatable bonds is 5. The van der Waals surface area contributed by atoms with Crippen molar-refractivity contribution in [3.8, 4) is 0 Å². The SMILES string of the molecule is CCn1ncc(NC(=O)NC(c2nccn2C)c2nccn2C)c1C(F)(F)F. The molecular weight excluding hydrogens is 377 g/mol. The summed E-state index contributed by atoms with van der Waals surface area (Å²) in [7, 11) is 3.48. The van der Waals surface area contributed by atoms with Crippen LogP contribution in [0.15, 0.2) is 31.0 Å². The summed E-state index contributed by atoms with van der Waals surface area (Å²) in [6.45, 7) is 1.55. The molecule has 3 aromatic rings. The molecule has 2 N–H and O–H groups in total. The van der Waals surface area contributed by atoms with Gasteiger partial charge in [0.15, 0.2) is 5.69 Å². The van der Waals surface area contributed by atoms with Crippen molar-refractivity contribution in [2.45, 2.75) is 25.7 Å². The Balaban J connectivity index is 1.88. The van der Waals surface area contributed by atoms with Crippen LogP contribution in [0, 0.1) is 0 Å². The maximum Gasteiger partial charge on any atom is 0.435 e. The van der Waals surface area contributed by atoms with Crippen molar-refractivity contribution in [1.29, 1.82) is 0 Å². The molecule has 0 spiro atoms. The Kier molecular flexibility index (Phi) is 5.12. The van der Waals surface area contributed by atoms with Gasteiger partial charge >= 0.3 is 12.2 Å². The number of hydrogen-bond acceptors (Lipinski definition) is 4. The predicted molar refractivity (Wildman–Crippen MR) is 93.3 cm³/mol. The van der Waals surface area contributed by atoms with Crippen LogP contribution in [0.3, 0.4) is 0 Å².